The van der Waals surface area contributed by atoms with Crippen LogP contribution in [0.1, 0.15) is 45.7 Å². The first-order chi connectivity index (χ1) is 19.4. The average Bonchev–Trinajstić information content (AvgIpc) is 3.32. The van der Waals surface area contributed by atoms with Crippen LogP contribution in [0.3, 0.4) is 0 Å². The van der Waals surface area contributed by atoms with Gasteiger partial charge < -0.3 is 30.4 Å². The lowest BCUT2D eigenvalue weighted by Gasteiger charge is -2.27. The Labute approximate surface area is 240 Å². The van der Waals surface area contributed by atoms with Crippen molar-refractivity contribution in [2.24, 2.45) is 5.92 Å². The molecule has 3 rings (SSSR count). The lowest BCUT2D eigenvalue weighted by molar-refractivity contribution is -0.146. The van der Waals surface area contributed by atoms with Crippen molar-refractivity contribution in [2.75, 3.05) is 7.11 Å². The molecule has 3 amide bonds. The summed E-state index contributed by atoms with van der Waals surface area (Å²) in [5, 5.41) is 9.12. The van der Waals surface area contributed by atoms with Gasteiger partial charge in [0.25, 0.3) is 0 Å². The van der Waals surface area contributed by atoms with E-state index in [9.17, 15) is 19.2 Å². The number of aromatic amines is 1. The topological polar surface area (TPSA) is 139 Å². The summed E-state index contributed by atoms with van der Waals surface area (Å²) in [6.07, 6.45) is 1.34. The lowest BCUT2D eigenvalue weighted by atomic mass is 10.00. The number of H-pyrrole nitrogens is 1. The van der Waals surface area contributed by atoms with E-state index in [-0.39, 0.29) is 18.8 Å². The largest absolute Gasteiger partial charge is 0.467 e. The molecule has 0 spiro atoms. The maximum atomic E-state index is 13.7. The average molecular weight is 565 g/mol. The second-order valence-corrected chi connectivity index (χ2v) is 11.3. The van der Waals surface area contributed by atoms with Gasteiger partial charge in [-0.2, -0.15) is 0 Å². The van der Waals surface area contributed by atoms with Gasteiger partial charge in [-0.15, -0.1) is 0 Å². The number of methoxy groups -OCH3 is 1. The third-order valence-corrected chi connectivity index (χ3v) is 6.44. The molecule has 1 heterocycles. The fraction of sp³-hybridized carbons (Fsp3) is 0.419. The Morgan fingerprint density at radius 1 is 0.829 bits per heavy atom. The fourth-order valence-electron chi connectivity index (χ4n) is 4.39. The van der Waals surface area contributed by atoms with Crippen LogP contribution in [-0.4, -0.2) is 59.7 Å². The molecular formula is C31H40N4O6. The van der Waals surface area contributed by atoms with E-state index in [1.54, 1.807) is 40.8 Å². The number of amides is 3. The summed E-state index contributed by atoms with van der Waals surface area (Å²) in [6, 6.07) is 13.8. The van der Waals surface area contributed by atoms with Gasteiger partial charge in [0.2, 0.25) is 11.8 Å². The first-order valence-electron chi connectivity index (χ1n) is 13.6. The summed E-state index contributed by atoms with van der Waals surface area (Å²) in [5.74, 6) is -1.96. The highest BCUT2D eigenvalue weighted by molar-refractivity contribution is 5.94. The third kappa shape index (κ3) is 9.09. The van der Waals surface area contributed by atoms with Crippen molar-refractivity contribution in [1.82, 2.24) is 20.9 Å². The van der Waals surface area contributed by atoms with Crippen LogP contribution in [0.25, 0.3) is 10.9 Å². The zero-order valence-corrected chi connectivity index (χ0v) is 24.4. The Bertz CT molecular complexity index is 1350. The summed E-state index contributed by atoms with van der Waals surface area (Å²) in [6.45, 7) is 8.76. The van der Waals surface area contributed by atoms with Gasteiger partial charge in [0, 0.05) is 29.9 Å². The van der Waals surface area contributed by atoms with Crippen LogP contribution >= 0.6 is 0 Å². The number of benzene rings is 2. The SMILES string of the molecule is COC(=O)[C@H](NC(=O)[C@H](Cc1c[nH]c2ccccc12)NC(=O)[C@@H](Cc1ccccc1)NC(=O)OC(C)(C)C)C(C)C. The molecule has 1 aromatic heterocycles. The molecule has 4 N–H and O–H groups in total. The predicted octanol–water partition coefficient (Wildman–Crippen LogP) is 3.65. The number of rotatable bonds is 11. The summed E-state index contributed by atoms with van der Waals surface area (Å²) in [4.78, 5) is 55.5. The minimum Gasteiger partial charge on any atom is -0.467 e. The highest BCUT2D eigenvalue weighted by atomic mass is 16.6. The summed E-state index contributed by atoms with van der Waals surface area (Å²) < 4.78 is 10.3. The zero-order valence-electron chi connectivity index (χ0n) is 24.4. The van der Waals surface area contributed by atoms with Crippen LogP contribution in [0.5, 0.6) is 0 Å². The smallest absolute Gasteiger partial charge is 0.408 e. The lowest BCUT2D eigenvalue weighted by Crippen LogP contribution is -2.57. The molecule has 3 aromatic rings. The van der Waals surface area contributed by atoms with Crippen LogP contribution in [0.4, 0.5) is 4.79 Å². The standard InChI is InChI=1S/C31H40N4O6/c1-19(2)26(29(38)40-6)35-28(37)25(17-21-18-32-23-15-11-10-14-22(21)23)33-27(36)24(16-20-12-8-7-9-13-20)34-30(39)41-31(3,4)5/h7-15,18-19,24-26,32H,16-17H2,1-6H3,(H,33,36)(H,34,39)(H,35,37)/t24-,25+,26-/m1/s1. The maximum Gasteiger partial charge on any atom is 0.408 e. The van der Waals surface area contributed by atoms with Crippen molar-refractivity contribution < 1.29 is 28.7 Å². The van der Waals surface area contributed by atoms with Crippen molar-refractivity contribution in [1.29, 1.82) is 0 Å². The Morgan fingerprint density at radius 2 is 1.44 bits per heavy atom. The number of fused-ring (bicyclic) bond motifs is 1. The van der Waals surface area contributed by atoms with Gasteiger partial charge in [-0.25, -0.2) is 9.59 Å². The Morgan fingerprint density at radius 3 is 2.07 bits per heavy atom. The monoisotopic (exact) mass is 564 g/mol. The minimum atomic E-state index is -1.06. The predicted molar refractivity (Wildman–Crippen MR) is 156 cm³/mol. The van der Waals surface area contributed by atoms with Gasteiger partial charge in [0.15, 0.2) is 0 Å². The number of carbonyl (C=O) groups excluding carboxylic acids is 4. The number of ether oxygens (including phenoxy) is 2. The molecule has 0 saturated carbocycles. The molecule has 10 nitrogen and oxygen atoms in total. The molecular weight excluding hydrogens is 524 g/mol. The van der Waals surface area contributed by atoms with Gasteiger partial charge in [0.05, 0.1) is 7.11 Å². The molecule has 2 aromatic carbocycles. The summed E-state index contributed by atoms with van der Waals surface area (Å²) in [7, 11) is 1.26. The van der Waals surface area contributed by atoms with E-state index in [0.29, 0.717) is 0 Å². The number of hydrogen-bond acceptors (Lipinski definition) is 6. The molecule has 0 unspecified atom stereocenters. The van der Waals surface area contributed by atoms with Gasteiger partial charge in [-0.1, -0.05) is 62.4 Å². The molecule has 0 aliphatic rings. The minimum absolute atomic E-state index is 0.137. The van der Waals surface area contributed by atoms with Crippen LogP contribution in [0.2, 0.25) is 0 Å². The highest BCUT2D eigenvalue weighted by Gasteiger charge is 2.32. The molecule has 0 aliphatic heterocycles. The molecule has 3 atom stereocenters. The van der Waals surface area contributed by atoms with Crippen LogP contribution in [0.15, 0.2) is 60.8 Å². The number of nitrogens with one attached hydrogen (secondary N) is 4. The molecule has 0 fully saturated rings. The van der Waals surface area contributed by atoms with E-state index in [1.807, 2.05) is 54.6 Å². The number of alkyl carbamates (subject to hydrolysis) is 1. The van der Waals surface area contributed by atoms with Gasteiger partial charge in [-0.3, -0.25) is 9.59 Å². The van der Waals surface area contributed by atoms with Crippen molar-refractivity contribution >= 4 is 34.8 Å². The highest BCUT2D eigenvalue weighted by Crippen LogP contribution is 2.20. The molecule has 10 heteroatoms. The second kappa shape index (κ2) is 13.8. The zero-order chi connectivity index (χ0) is 30.2. The second-order valence-electron chi connectivity index (χ2n) is 11.3. The molecule has 41 heavy (non-hydrogen) atoms. The van der Waals surface area contributed by atoms with Crippen LogP contribution in [0, 0.1) is 5.92 Å². The third-order valence-electron chi connectivity index (χ3n) is 6.44. The quantitative estimate of drug-likeness (QED) is 0.262. The number of carbonyl (C=O) groups is 4. The van der Waals surface area contributed by atoms with E-state index in [2.05, 4.69) is 20.9 Å². The van der Waals surface area contributed by atoms with Gasteiger partial charge in [0.1, 0.15) is 23.7 Å². The molecule has 0 saturated heterocycles. The molecule has 220 valence electrons. The number of para-hydroxylation sites is 1. The maximum absolute atomic E-state index is 13.7. The number of hydrogen-bond donors (Lipinski definition) is 4. The summed E-state index contributed by atoms with van der Waals surface area (Å²) >= 11 is 0. The van der Waals surface area contributed by atoms with E-state index in [0.717, 1.165) is 22.0 Å². The van der Waals surface area contributed by atoms with E-state index >= 15 is 0 Å². The normalized spacial score (nSPS) is 13.6. The molecule has 0 bridgehead atoms. The first-order valence-corrected chi connectivity index (χ1v) is 13.6. The Hall–Kier alpha value is -4.34. The van der Waals surface area contributed by atoms with Gasteiger partial charge >= 0.3 is 12.1 Å². The Kier molecular flexibility index (Phi) is 10.5. The summed E-state index contributed by atoms with van der Waals surface area (Å²) in [5.41, 5.74) is 1.73. The van der Waals surface area contributed by atoms with Crippen molar-refractivity contribution in [3.05, 3.63) is 71.9 Å². The van der Waals surface area contributed by atoms with Crippen LogP contribution < -0.4 is 16.0 Å². The van der Waals surface area contributed by atoms with E-state index in [1.165, 1.54) is 7.11 Å². The van der Waals surface area contributed by atoms with Crippen molar-refractivity contribution in [3.63, 3.8) is 0 Å². The van der Waals surface area contributed by atoms with Gasteiger partial charge in [-0.05, 0) is 43.9 Å². The fourth-order valence-corrected chi connectivity index (χ4v) is 4.39. The van der Waals surface area contributed by atoms with Crippen LogP contribution in [-0.2, 0) is 36.7 Å². The number of esters is 1. The Balaban J connectivity index is 1.90. The van der Waals surface area contributed by atoms with Crippen molar-refractivity contribution in [2.45, 2.75) is 71.2 Å². The molecule has 0 aliphatic carbocycles. The van der Waals surface area contributed by atoms with E-state index < -0.39 is 47.6 Å². The molecule has 0 radical (unpaired) electrons. The first kappa shape index (κ1) is 31.2. The van der Waals surface area contributed by atoms with E-state index in [4.69, 9.17) is 9.47 Å². The number of aromatic nitrogens is 1. The van der Waals surface area contributed by atoms with Crippen molar-refractivity contribution in [3.8, 4) is 0 Å².